The Hall–Kier alpha value is -1.05. The second-order valence-corrected chi connectivity index (χ2v) is 4.14. The zero-order valence-corrected chi connectivity index (χ0v) is 9.26. The fourth-order valence-electron chi connectivity index (χ4n) is 1.20. The SMILES string of the molecule is Cc1cc(F)ccc1N[C@@H](C)C(C)C. The summed E-state index contributed by atoms with van der Waals surface area (Å²) in [5.74, 6) is 0.393. The van der Waals surface area contributed by atoms with Gasteiger partial charge in [0.25, 0.3) is 0 Å². The molecule has 1 nitrogen and oxygen atoms in total. The highest BCUT2D eigenvalue weighted by molar-refractivity contribution is 5.51. The van der Waals surface area contributed by atoms with E-state index in [0.717, 1.165) is 11.3 Å². The number of rotatable bonds is 3. The van der Waals surface area contributed by atoms with E-state index in [1.165, 1.54) is 6.07 Å². The molecule has 2 heteroatoms. The van der Waals surface area contributed by atoms with Crippen LogP contribution in [-0.4, -0.2) is 6.04 Å². The van der Waals surface area contributed by atoms with Crippen molar-refractivity contribution in [3.63, 3.8) is 0 Å². The molecule has 0 amide bonds. The van der Waals surface area contributed by atoms with Gasteiger partial charge in [-0.15, -0.1) is 0 Å². The fraction of sp³-hybridized carbons (Fsp3) is 0.500. The molecule has 1 atom stereocenters. The van der Waals surface area contributed by atoms with Gasteiger partial charge in [0.2, 0.25) is 0 Å². The van der Waals surface area contributed by atoms with Gasteiger partial charge in [-0.25, -0.2) is 4.39 Å². The topological polar surface area (TPSA) is 12.0 Å². The molecule has 0 aliphatic heterocycles. The summed E-state index contributed by atoms with van der Waals surface area (Å²) in [6.45, 7) is 8.37. The number of nitrogens with one attached hydrogen (secondary N) is 1. The van der Waals surface area contributed by atoms with E-state index in [-0.39, 0.29) is 5.82 Å². The third-order valence-electron chi connectivity index (χ3n) is 2.57. The molecule has 0 fully saturated rings. The summed E-state index contributed by atoms with van der Waals surface area (Å²) in [6, 6.07) is 5.24. The van der Waals surface area contributed by atoms with Gasteiger partial charge in [-0.2, -0.15) is 0 Å². The lowest BCUT2D eigenvalue weighted by Crippen LogP contribution is -2.21. The smallest absolute Gasteiger partial charge is 0.123 e. The lowest BCUT2D eigenvalue weighted by atomic mass is 10.1. The van der Waals surface area contributed by atoms with Crippen molar-refractivity contribution in [2.75, 3.05) is 5.32 Å². The van der Waals surface area contributed by atoms with Crippen LogP contribution in [0, 0.1) is 18.7 Å². The molecule has 14 heavy (non-hydrogen) atoms. The molecule has 1 aromatic rings. The maximum Gasteiger partial charge on any atom is 0.123 e. The van der Waals surface area contributed by atoms with Crippen molar-refractivity contribution in [3.05, 3.63) is 29.6 Å². The third kappa shape index (κ3) is 2.72. The highest BCUT2D eigenvalue weighted by Gasteiger charge is 2.08. The number of hydrogen-bond acceptors (Lipinski definition) is 1. The van der Waals surface area contributed by atoms with Crippen LogP contribution in [0.5, 0.6) is 0 Å². The highest BCUT2D eigenvalue weighted by atomic mass is 19.1. The second-order valence-electron chi connectivity index (χ2n) is 4.14. The Kier molecular flexibility index (Phi) is 3.50. The van der Waals surface area contributed by atoms with E-state index in [1.54, 1.807) is 12.1 Å². The summed E-state index contributed by atoms with van der Waals surface area (Å²) in [4.78, 5) is 0. The van der Waals surface area contributed by atoms with Crippen LogP contribution in [0.25, 0.3) is 0 Å². The van der Waals surface area contributed by atoms with E-state index in [2.05, 4.69) is 26.1 Å². The fourth-order valence-corrected chi connectivity index (χ4v) is 1.20. The molecule has 0 radical (unpaired) electrons. The number of anilines is 1. The molecule has 0 bridgehead atoms. The minimum absolute atomic E-state index is 0.176. The van der Waals surface area contributed by atoms with Crippen molar-refractivity contribution in [1.82, 2.24) is 0 Å². The van der Waals surface area contributed by atoms with Crippen LogP contribution in [0.15, 0.2) is 18.2 Å². The summed E-state index contributed by atoms with van der Waals surface area (Å²) in [5.41, 5.74) is 1.98. The Balaban J connectivity index is 2.77. The minimum atomic E-state index is -0.176. The lowest BCUT2D eigenvalue weighted by Gasteiger charge is -2.20. The molecule has 0 aromatic heterocycles. The quantitative estimate of drug-likeness (QED) is 0.777. The normalized spacial score (nSPS) is 13.0. The molecule has 0 aliphatic carbocycles. The van der Waals surface area contributed by atoms with Crippen molar-refractivity contribution in [3.8, 4) is 0 Å². The first-order chi connectivity index (χ1) is 6.50. The minimum Gasteiger partial charge on any atom is -0.382 e. The average molecular weight is 195 g/mol. The monoisotopic (exact) mass is 195 g/mol. The van der Waals surface area contributed by atoms with E-state index in [0.29, 0.717) is 12.0 Å². The Morgan fingerprint density at radius 2 is 1.86 bits per heavy atom. The first kappa shape index (κ1) is 11.0. The number of halogens is 1. The number of benzene rings is 1. The Bertz CT molecular complexity index is 307. The molecule has 0 aliphatic rings. The predicted molar refractivity (Wildman–Crippen MR) is 59.1 cm³/mol. The molecule has 78 valence electrons. The van der Waals surface area contributed by atoms with Gasteiger partial charge in [-0.05, 0) is 43.5 Å². The molecule has 0 unspecified atom stereocenters. The molecular weight excluding hydrogens is 177 g/mol. The van der Waals surface area contributed by atoms with Gasteiger partial charge >= 0.3 is 0 Å². The van der Waals surface area contributed by atoms with Crippen LogP contribution in [0.2, 0.25) is 0 Å². The standard InChI is InChI=1S/C12H18FN/c1-8(2)10(4)14-12-6-5-11(13)7-9(12)3/h5-8,10,14H,1-4H3/t10-/m0/s1. The number of hydrogen-bond donors (Lipinski definition) is 1. The first-order valence-electron chi connectivity index (χ1n) is 5.03. The summed E-state index contributed by atoms with van der Waals surface area (Å²) >= 11 is 0. The van der Waals surface area contributed by atoms with E-state index in [1.807, 2.05) is 6.92 Å². The average Bonchev–Trinajstić information content (AvgIpc) is 2.09. The summed E-state index contributed by atoms with van der Waals surface area (Å²) in [5, 5.41) is 3.37. The Morgan fingerprint density at radius 1 is 1.21 bits per heavy atom. The molecular formula is C12H18FN. The molecule has 1 N–H and O–H groups in total. The predicted octanol–water partition coefficient (Wildman–Crippen LogP) is 3.59. The van der Waals surface area contributed by atoms with Gasteiger partial charge in [0, 0.05) is 11.7 Å². The van der Waals surface area contributed by atoms with E-state index in [9.17, 15) is 4.39 Å². The van der Waals surface area contributed by atoms with Gasteiger partial charge < -0.3 is 5.32 Å². The van der Waals surface area contributed by atoms with Gasteiger partial charge in [-0.3, -0.25) is 0 Å². The molecule has 0 spiro atoms. The van der Waals surface area contributed by atoms with E-state index < -0.39 is 0 Å². The second kappa shape index (κ2) is 4.45. The summed E-state index contributed by atoms with van der Waals surface area (Å²) in [6.07, 6.45) is 0. The Morgan fingerprint density at radius 3 is 2.36 bits per heavy atom. The maximum atomic E-state index is 12.8. The summed E-state index contributed by atoms with van der Waals surface area (Å²) < 4.78 is 12.8. The molecule has 1 rings (SSSR count). The largest absolute Gasteiger partial charge is 0.382 e. The zero-order valence-electron chi connectivity index (χ0n) is 9.26. The van der Waals surface area contributed by atoms with Crippen molar-refractivity contribution in [1.29, 1.82) is 0 Å². The highest BCUT2D eigenvalue weighted by Crippen LogP contribution is 2.18. The van der Waals surface area contributed by atoms with E-state index in [4.69, 9.17) is 0 Å². The van der Waals surface area contributed by atoms with Crippen LogP contribution in [0.4, 0.5) is 10.1 Å². The maximum absolute atomic E-state index is 12.8. The molecule has 1 aromatic carbocycles. The van der Waals surface area contributed by atoms with Crippen molar-refractivity contribution < 1.29 is 4.39 Å². The lowest BCUT2D eigenvalue weighted by molar-refractivity contribution is 0.559. The van der Waals surface area contributed by atoms with Crippen LogP contribution in [0.3, 0.4) is 0 Å². The molecule has 0 heterocycles. The van der Waals surface area contributed by atoms with Gasteiger partial charge in [0.05, 0.1) is 0 Å². The summed E-state index contributed by atoms with van der Waals surface area (Å²) in [7, 11) is 0. The number of aryl methyl sites for hydroxylation is 1. The van der Waals surface area contributed by atoms with Gasteiger partial charge in [0.15, 0.2) is 0 Å². The molecule has 0 saturated heterocycles. The molecule has 0 saturated carbocycles. The van der Waals surface area contributed by atoms with Gasteiger partial charge in [0.1, 0.15) is 5.82 Å². The van der Waals surface area contributed by atoms with Crippen molar-refractivity contribution in [2.45, 2.75) is 33.7 Å². The van der Waals surface area contributed by atoms with Crippen LogP contribution >= 0.6 is 0 Å². The Labute approximate surface area is 85.3 Å². The van der Waals surface area contributed by atoms with Crippen molar-refractivity contribution >= 4 is 5.69 Å². The van der Waals surface area contributed by atoms with Gasteiger partial charge in [-0.1, -0.05) is 13.8 Å². The van der Waals surface area contributed by atoms with Crippen molar-refractivity contribution in [2.24, 2.45) is 5.92 Å². The van der Waals surface area contributed by atoms with Crippen LogP contribution in [-0.2, 0) is 0 Å². The first-order valence-corrected chi connectivity index (χ1v) is 5.03. The van der Waals surface area contributed by atoms with E-state index >= 15 is 0 Å². The zero-order chi connectivity index (χ0) is 10.7. The van der Waals surface area contributed by atoms with Crippen LogP contribution < -0.4 is 5.32 Å². The van der Waals surface area contributed by atoms with Crippen LogP contribution in [0.1, 0.15) is 26.3 Å². The third-order valence-corrected chi connectivity index (χ3v) is 2.57.